The van der Waals surface area contributed by atoms with Crippen LogP contribution in [0.2, 0.25) is 12.1 Å². The van der Waals surface area contributed by atoms with E-state index in [1.807, 2.05) is 0 Å². The van der Waals surface area contributed by atoms with Crippen LogP contribution in [0.3, 0.4) is 0 Å². The highest BCUT2D eigenvalue weighted by Gasteiger charge is 2.12. The normalized spacial score (nSPS) is 11.0. The minimum Gasteiger partial charge on any atom is -0.0654 e. The monoisotopic (exact) mass is 233 g/mol. The standard InChI is InChI=1S/C15H25Si/c1-4-6-12-16(13-7-5-2)15-10-8-14(3)9-11-15/h8-11H,4-7,12-13H2,1-3H3. The van der Waals surface area contributed by atoms with E-state index in [-0.39, 0.29) is 8.80 Å². The van der Waals surface area contributed by atoms with Gasteiger partial charge < -0.3 is 0 Å². The molecule has 0 aliphatic heterocycles. The van der Waals surface area contributed by atoms with Gasteiger partial charge in [-0.15, -0.1) is 0 Å². The highest BCUT2D eigenvalue weighted by atomic mass is 28.3. The fourth-order valence-electron chi connectivity index (χ4n) is 1.98. The zero-order chi connectivity index (χ0) is 11.8. The minimum absolute atomic E-state index is 0.264. The maximum atomic E-state index is 2.37. The Kier molecular flexibility index (Phi) is 6.47. The molecule has 0 saturated carbocycles. The van der Waals surface area contributed by atoms with E-state index in [1.165, 1.54) is 43.3 Å². The van der Waals surface area contributed by atoms with E-state index in [1.54, 1.807) is 5.19 Å². The second-order valence-corrected chi connectivity index (χ2v) is 7.46. The predicted molar refractivity (Wildman–Crippen MR) is 76.0 cm³/mol. The van der Waals surface area contributed by atoms with Gasteiger partial charge in [0.25, 0.3) is 0 Å². The first-order valence-electron chi connectivity index (χ1n) is 6.69. The van der Waals surface area contributed by atoms with Crippen molar-refractivity contribution in [2.24, 2.45) is 0 Å². The summed E-state index contributed by atoms with van der Waals surface area (Å²) in [5, 5.41) is 1.65. The van der Waals surface area contributed by atoms with Gasteiger partial charge in [-0.2, -0.15) is 0 Å². The summed E-state index contributed by atoms with van der Waals surface area (Å²) in [5.74, 6) is 0. The molecule has 0 amide bonds. The number of benzene rings is 1. The molecule has 0 spiro atoms. The first-order chi connectivity index (χ1) is 7.77. The third kappa shape index (κ3) is 4.52. The molecule has 1 aromatic carbocycles. The Morgan fingerprint density at radius 2 is 1.38 bits per heavy atom. The average molecular weight is 233 g/mol. The van der Waals surface area contributed by atoms with Crippen LogP contribution < -0.4 is 5.19 Å². The van der Waals surface area contributed by atoms with E-state index < -0.39 is 0 Å². The van der Waals surface area contributed by atoms with Crippen molar-refractivity contribution < 1.29 is 0 Å². The average Bonchev–Trinajstić information content (AvgIpc) is 2.31. The molecule has 16 heavy (non-hydrogen) atoms. The molecule has 0 saturated heterocycles. The number of aryl methyl sites for hydroxylation is 1. The molecule has 0 atom stereocenters. The number of unbranched alkanes of at least 4 members (excludes halogenated alkanes) is 2. The van der Waals surface area contributed by atoms with Gasteiger partial charge in [-0.25, -0.2) is 0 Å². The summed E-state index contributed by atoms with van der Waals surface area (Å²) < 4.78 is 0. The van der Waals surface area contributed by atoms with Gasteiger partial charge in [0.05, 0.1) is 8.80 Å². The van der Waals surface area contributed by atoms with Crippen molar-refractivity contribution in [3.05, 3.63) is 29.8 Å². The quantitative estimate of drug-likeness (QED) is 0.616. The van der Waals surface area contributed by atoms with Crippen molar-refractivity contribution in [3.8, 4) is 0 Å². The predicted octanol–water partition coefficient (Wildman–Crippen LogP) is 4.30. The van der Waals surface area contributed by atoms with Crippen LogP contribution in [0, 0.1) is 6.92 Å². The van der Waals surface area contributed by atoms with Crippen molar-refractivity contribution >= 4 is 14.0 Å². The topological polar surface area (TPSA) is 0 Å². The molecule has 1 heteroatoms. The summed E-state index contributed by atoms with van der Waals surface area (Å²) in [6.07, 6.45) is 5.50. The molecule has 1 aromatic rings. The van der Waals surface area contributed by atoms with E-state index >= 15 is 0 Å². The van der Waals surface area contributed by atoms with Gasteiger partial charge in [-0.3, -0.25) is 0 Å². The smallest absolute Gasteiger partial charge is 0.0654 e. The third-order valence-electron chi connectivity index (χ3n) is 3.12. The lowest BCUT2D eigenvalue weighted by molar-refractivity contribution is 0.845. The Morgan fingerprint density at radius 1 is 0.875 bits per heavy atom. The number of rotatable bonds is 7. The minimum atomic E-state index is -0.264. The molecule has 0 aliphatic carbocycles. The van der Waals surface area contributed by atoms with Crippen LogP contribution in [0.4, 0.5) is 0 Å². The van der Waals surface area contributed by atoms with E-state index in [9.17, 15) is 0 Å². The molecular weight excluding hydrogens is 208 g/mol. The summed E-state index contributed by atoms with van der Waals surface area (Å²) in [7, 11) is -0.264. The summed E-state index contributed by atoms with van der Waals surface area (Å²) in [5.41, 5.74) is 1.39. The van der Waals surface area contributed by atoms with Crippen LogP contribution in [0.1, 0.15) is 45.1 Å². The molecule has 89 valence electrons. The van der Waals surface area contributed by atoms with Crippen molar-refractivity contribution in [3.63, 3.8) is 0 Å². The van der Waals surface area contributed by atoms with Crippen molar-refractivity contribution in [2.45, 2.75) is 58.5 Å². The molecule has 1 radical (unpaired) electrons. The Bertz CT molecular complexity index is 268. The van der Waals surface area contributed by atoms with Crippen LogP contribution in [-0.4, -0.2) is 8.80 Å². The zero-order valence-electron chi connectivity index (χ0n) is 11.1. The largest absolute Gasteiger partial charge is 0.0856 e. The lowest BCUT2D eigenvalue weighted by Crippen LogP contribution is -2.29. The SMILES string of the molecule is CCCC[Si](CCCC)c1ccc(C)cc1. The molecule has 0 fully saturated rings. The maximum absolute atomic E-state index is 2.37. The van der Waals surface area contributed by atoms with Gasteiger partial charge in [0, 0.05) is 0 Å². The molecule has 0 N–H and O–H groups in total. The second-order valence-electron chi connectivity index (χ2n) is 4.68. The first-order valence-corrected chi connectivity index (χ1v) is 8.61. The van der Waals surface area contributed by atoms with E-state index in [2.05, 4.69) is 45.0 Å². The highest BCUT2D eigenvalue weighted by Crippen LogP contribution is 2.10. The van der Waals surface area contributed by atoms with E-state index in [4.69, 9.17) is 0 Å². The van der Waals surface area contributed by atoms with Crippen molar-refractivity contribution in [1.29, 1.82) is 0 Å². The van der Waals surface area contributed by atoms with E-state index in [0.717, 1.165) is 0 Å². The summed E-state index contributed by atoms with van der Waals surface area (Å²) >= 11 is 0. The fourth-order valence-corrected chi connectivity index (χ4v) is 5.01. The fraction of sp³-hybridized carbons (Fsp3) is 0.600. The summed E-state index contributed by atoms with van der Waals surface area (Å²) in [6, 6.07) is 12.2. The van der Waals surface area contributed by atoms with Crippen LogP contribution in [0.5, 0.6) is 0 Å². The van der Waals surface area contributed by atoms with Crippen molar-refractivity contribution in [1.82, 2.24) is 0 Å². The summed E-state index contributed by atoms with van der Waals surface area (Å²) in [6.45, 7) is 6.77. The maximum Gasteiger partial charge on any atom is 0.0856 e. The van der Waals surface area contributed by atoms with Crippen molar-refractivity contribution in [2.75, 3.05) is 0 Å². The molecular formula is C15H25Si. The van der Waals surface area contributed by atoms with Gasteiger partial charge in [-0.1, -0.05) is 86.6 Å². The first kappa shape index (κ1) is 13.5. The van der Waals surface area contributed by atoms with Gasteiger partial charge >= 0.3 is 0 Å². The Labute approximate surface area is 103 Å². The summed E-state index contributed by atoms with van der Waals surface area (Å²) in [4.78, 5) is 0. The lowest BCUT2D eigenvalue weighted by atomic mass is 10.2. The molecule has 0 unspecified atom stereocenters. The van der Waals surface area contributed by atoms with Gasteiger partial charge in [0.15, 0.2) is 0 Å². The molecule has 0 bridgehead atoms. The van der Waals surface area contributed by atoms with Crippen LogP contribution in [0.25, 0.3) is 0 Å². The van der Waals surface area contributed by atoms with Crippen LogP contribution >= 0.6 is 0 Å². The highest BCUT2D eigenvalue weighted by molar-refractivity contribution is 6.73. The number of hydrogen-bond donors (Lipinski definition) is 0. The number of hydrogen-bond acceptors (Lipinski definition) is 0. The molecule has 0 aliphatic rings. The zero-order valence-corrected chi connectivity index (χ0v) is 12.1. The molecule has 0 heterocycles. The van der Waals surface area contributed by atoms with Gasteiger partial charge in [-0.05, 0) is 6.92 Å². The van der Waals surface area contributed by atoms with Gasteiger partial charge in [0.1, 0.15) is 0 Å². The van der Waals surface area contributed by atoms with Crippen LogP contribution in [0.15, 0.2) is 24.3 Å². The molecule has 1 rings (SSSR count). The Hall–Kier alpha value is -0.563. The molecule has 0 aromatic heterocycles. The van der Waals surface area contributed by atoms with E-state index in [0.29, 0.717) is 0 Å². The Balaban J connectivity index is 2.62. The Morgan fingerprint density at radius 3 is 1.81 bits per heavy atom. The lowest BCUT2D eigenvalue weighted by Gasteiger charge is -2.15. The second kappa shape index (κ2) is 7.67. The molecule has 0 nitrogen and oxygen atoms in total. The van der Waals surface area contributed by atoms with Gasteiger partial charge in [0.2, 0.25) is 0 Å². The van der Waals surface area contributed by atoms with Crippen LogP contribution in [-0.2, 0) is 0 Å². The third-order valence-corrected chi connectivity index (χ3v) is 6.19.